The number of hydrogen-bond acceptors (Lipinski definition) is 4. The minimum atomic E-state index is -0.466. The largest absolute Gasteiger partial charge is 0.461 e. The van der Waals surface area contributed by atoms with E-state index in [4.69, 9.17) is 4.74 Å². The molecule has 1 heterocycles. The van der Waals surface area contributed by atoms with E-state index < -0.39 is 5.97 Å². The SMILES string of the molecule is Cc1c(C(=O)OCC(C)C)nnn1Cc1ccc(F)cc1. The average molecular weight is 291 g/mol. The van der Waals surface area contributed by atoms with Gasteiger partial charge in [-0.15, -0.1) is 5.10 Å². The summed E-state index contributed by atoms with van der Waals surface area (Å²) in [4.78, 5) is 11.9. The summed E-state index contributed by atoms with van der Waals surface area (Å²) in [7, 11) is 0. The molecule has 21 heavy (non-hydrogen) atoms. The van der Waals surface area contributed by atoms with Crippen molar-refractivity contribution >= 4 is 5.97 Å². The van der Waals surface area contributed by atoms with Crippen molar-refractivity contribution in [2.24, 2.45) is 5.92 Å². The highest BCUT2D eigenvalue weighted by molar-refractivity contribution is 5.88. The van der Waals surface area contributed by atoms with Crippen molar-refractivity contribution < 1.29 is 13.9 Å². The lowest BCUT2D eigenvalue weighted by molar-refractivity contribution is 0.0451. The Labute approximate surface area is 122 Å². The average Bonchev–Trinajstić information content (AvgIpc) is 2.80. The number of rotatable bonds is 5. The number of esters is 1. The van der Waals surface area contributed by atoms with Crippen molar-refractivity contribution in [3.8, 4) is 0 Å². The van der Waals surface area contributed by atoms with Gasteiger partial charge in [-0.3, -0.25) is 0 Å². The summed E-state index contributed by atoms with van der Waals surface area (Å²) >= 11 is 0. The van der Waals surface area contributed by atoms with Crippen LogP contribution >= 0.6 is 0 Å². The maximum Gasteiger partial charge on any atom is 0.360 e. The van der Waals surface area contributed by atoms with Crippen LogP contribution in [0.5, 0.6) is 0 Å². The molecule has 0 saturated carbocycles. The quantitative estimate of drug-likeness (QED) is 0.795. The zero-order valence-electron chi connectivity index (χ0n) is 12.3. The molecule has 0 N–H and O–H groups in total. The van der Waals surface area contributed by atoms with Crippen LogP contribution in [0.3, 0.4) is 0 Å². The minimum absolute atomic E-state index is 0.220. The van der Waals surface area contributed by atoms with Gasteiger partial charge in [0.25, 0.3) is 0 Å². The summed E-state index contributed by atoms with van der Waals surface area (Å²) in [6.45, 7) is 6.46. The van der Waals surface area contributed by atoms with Crippen molar-refractivity contribution in [2.75, 3.05) is 6.61 Å². The third-order valence-corrected chi connectivity index (χ3v) is 2.97. The molecule has 2 rings (SSSR count). The highest BCUT2D eigenvalue weighted by atomic mass is 19.1. The highest BCUT2D eigenvalue weighted by Crippen LogP contribution is 2.10. The Morgan fingerprint density at radius 3 is 2.62 bits per heavy atom. The third kappa shape index (κ3) is 3.87. The second-order valence-electron chi connectivity index (χ2n) is 5.30. The second-order valence-corrected chi connectivity index (χ2v) is 5.30. The first-order chi connectivity index (χ1) is 9.97. The Bertz CT molecular complexity index is 620. The lowest BCUT2D eigenvalue weighted by Gasteiger charge is -2.06. The molecule has 0 unspecified atom stereocenters. The Kier molecular flexibility index (Phi) is 4.67. The van der Waals surface area contributed by atoms with E-state index in [0.29, 0.717) is 18.8 Å². The van der Waals surface area contributed by atoms with Crippen molar-refractivity contribution in [3.63, 3.8) is 0 Å². The fraction of sp³-hybridized carbons (Fsp3) is 0.400. The van der Waals surface area contributed by atoms with Gasteiger partial charge in [-0.25, -0.2) is 13.9 Å². The van der Waals surface area contributed by atoms with E-state index in [9.17, 15) is 9.18 Å². The highest BCUT2D eigenvalue weighted by Gasteiger charge is 2.18. The number of carbonyl (C=O) groups excluding carboxylic acids is 1. The van der Waals surface area contributed by atoms with Gasteiger partial charge in [0.05, 0.1) is 18.8 Å². The van der Waals surface area contributed by atoms with Crippen molar-refractivity contribution in [1.82, 2.24) is 15.0 Å². The van der Waals surface area contributed by atoms with Gasteiger partial charge in [-0.1, -0.05) is 31.2 Å². The van der Waals surface area contributed by atoms with Crippen molar-refractivity contribution in [2.45, 2.75) is 27.3 Å². The molecule has 0 saturated heterocycles. The molecule has 0 spiro atoms. The van der Waals surface area contributed by atoms with E-state index in [1.54, 1.807) is 23.7 Å². The molecule has 2 aromatic rings. The first-order valence-corrected chi connectivity index (χ1v) is 6.79. The van der Waals surface area contributed by atoms with Gasteiger partial charge in [-0.05, 0) is 30.5 Å². The van der Waals surface area contributed by atoms with Gasteiger partial charge in [0.2, 0.25) is 0 Å². The van der Waals surface area contributed by atoms with E-state index in [2.05, 4.69) is 10.3 Å². The number of benzene rings is 1. The summed E-state index contributed by atoms with van der Waals surface area (Å²) in [5.41, 5.74) is 1.73. The molecule has 0 aliphatic carbocycles. The number of hydrogen-bond donors (Lipinski definition) is 0. The van der Waals surface area contributed by atoms with Crippen LogP contribution in [0.1, 0.15) is 35.6 Å². The molecule has 1 aromatic heterocycles. The molecule has 0 aliphatic heterocycles. The maximum atomic E-state index is 12.9. The summed E-state index contributed by atoms with van der Waals surface area (Å²) in [6.07, 6.45) is 0. The molecule has 0 atom stereocenters. The molecule has 1 aromatic carbocycles. The second kappa shape index (κ2) is 6.47. The van der Waals surface area contributed by atoms with Gasteiger partial charge < -0.3 is 4.74 Å². The van der Waals surface area contributed by atoms with Crippen LogP contribution < -0.4 is 0 Å². The van der Waals surface area contributed by atoms with Gasteiger partial charge in [0.15, 0.2) is 5.69 Å². The number of aromatic nitrogens is 3. The van der Waals surface area contributed by atoms with E-state index in [-0.39, 0.29) is 17.4 Å². The van der Waals surface area contributed by atoms with E-state index >= 15 is 0 Å². The zero-order valence-corrected chi connectivity index (χ0v) is 12.3. The summed E-state index contributed by atoms with van der Waals surface area (Å²) in [5, 5.41) is 7.83. The lowest BCUT2D eigenvalue weighted by atomic mass is 10.2. The van der Waals surface area contributed by atoms with Crippen LogP contribution in [0.2, 0.25) is 0 Å². The first-order valence-electron chi connectivity index (χ1n) is 6.79. The van der Waals surface area contributed by atoms with Crippen LogP contribution in [0.25, 0.3) is 0 Å². The molecule has 0 bridgehead atoms. The summed E-state index contributed by atoms with van der Waals surface area (Å²) in [6, 6.07) is 6.12. The molecular weight excluding hydrogens is 273 g/mol. The summed E-state index contributed by atoms with van der Waals surface area (Å²) in [5.74, 6) is -0.484. The molecule has 0 amide bonds. The molecule has 0 aliphatic rings. The fourth-order valence-electron chi connectivity index (χ4n) is 1.77. The Morgan fingerprint density at radius 1 is 1.33 bits per heavy atom. The number of halogens is 1. The molecule has 5 nitrogen and oxygen atoms in total. The summed E-state index contributed by atoms with van der Waals surface area (Å²) < 4.78 is 19.6. The maximum absolute atomic E-state index is 12.9. The number of ether oxygens (including phenoxy) is 1. The molecule has 0 radical (unpaired) electrons. The number of carbonyl (C=O) groups is 1. The minimum Gasteiger partial charge on any atom is -0.461 e. The number of nitrogens with zero attached hydrogens (tertiary/aromatic N) is 3. The van der Waals surface area contributed by atoms with Crippen LogP contribution in [0.4, 0.5) is 4.39 Å². The van der Waals surface area contributed by atoms with Crippen LogP contribution in [0, 0.1) is 18.7 Å². The van der Waals surface area contributed by atoms with E-state index in [0.717, 1.165) is 5.56 Å². The molecule has 0 fully saturated rings. The van der Waals surface area contributed by atoms with Crippen molar-refractivity contribution in [3.05, 3.63) is 47.0 Å². The monoisotopic (exact) mass is 291 g/mol. The Morgan fingerprint density at radius 2 is 2.00 bits per heavy atom. The van der Waals surface area contributed by atoms with Gasteiger partial charge in [-0.2, -0.15) is 0 Å². The van der Waals surface area contributed by atoms with Gasteiger partial charge in [0, 0.05) is 0 Å². The predicted molar refractivity (Wildman–Crippen MR) is 75.4 cm³/mol. The first kappa shape index (κ1) is 15.2. The van der Waals surface area contributed by atoms with Crippen LogP contribution in [0.15, 0.2) is 24.3 Å². The normalized spacial score (nSPS) is 10.9. The fourth-order valence-corrected chi connectivity index (χ4v) is 1.77. The van der Waals surface area contributed by atoms with E-state index in [1.165, 1.54) is 12.1 Å². The van der Waals surface area contributed by atoms with Crippen LogP contribution in [-0.4, -0.2) is 27.6 Å². The molecule has 112 valence electrons. The predicted octanol–water partition coefficient (Wildman–Crippen LogP) is 2.59. The Hall–Kier alpha value is -2.24. The lowest BCUT2D eigenvalue weighted by Crippen LogP contribution is -2.12. The van der Waals surface area contributed by atoms with Crippen LogP contribution in [-0.2, 0) is 11.3 Å². The zero-order chi connectivity index (χ0) is 15.4. The smallest absolute Gasteiger partial charge is 0.360 e. The standard InChI is InChI=1S/C15H18FN3O2/c1-10(2)9-21-15(20)14-11(3)19(18-17-14)8-12-4-6-13(16)7-5-12/h4-7,10H,8-9H2,1-3H3. The van der Waals surface area contributed by atoms with E-state index in [1.807, 2.05) is 13.8 Å². The van der Waals surface area contributed by atoms with Crippen molar-refractivity contribution in [1.29, 1.82) is 0 Å². The van der Waals surface area contributed by atoms with Gasteiger partial charge in [0.1, 0.15) is 5.82 Å². The Balaban J connectivity index is 2.09. The molecule has 6 heteroatoms. The van der Waals surface area contributed by atoms with Gasteiger partial charge >= 0.3 is 5.97 Å². The molecular formula is C15H18FN3O2. The topological polar surface area (TPSA) is 57.0 Å². The third-order valence-electron chi connectivity index (χ3n) is 2.97.